The summed E-state index contributed by atoms with van der Waals surface area (Å²) in [6.45, 7) is 7.64. The van der Waals surface area contributed by atoms with Gasteiger partial charge in [0.1, 0.15) is 12.4 Å². The molecule has 1 aliphatic heterocycles. The third-order valence-electron chi connectivity index (χ3n) is 4.63. The monoisotopic (exact) mass is 309 g/mol. The Hall–Kier alpha value is -1.80. The van der Waals surface area contributed by atoms with Crippen molar-refractivity contribution in [3.8, 4) is 16.9 Å². The molecule has 2 aromatic carbocycles. The molecular formula is C21H27NO. The van der Waals surface area contributed by atoms with Crippen molar-refractivity contribution in [3.05, 3.63) is 54.1 Å². The van der Waals surface area contributed by atoms with Gasteiger partial charge >= 0.3 is 0 Å². The van der Waals surface area contributed by atoms with E-state index in [9.17, 15) is 0 Å². The summed E-state index contributed by atoms with van der Waals surface area (Å²) in [6, 6.07) is 17.6. The van der Waals surface area contributed by atoms with Gasteiger partial charge in [-0.1, -0.05) is 56.3 Å². The second-order valence-corrected chi connectivity index (χ2v) is 6.35. The second kappa shape index (κ2) is 7.65. The summed E-state index contributed by atoms with van der Waals surface area (Å²) < 4.78 is 6.13. The Labute approximate surface area is 140 Å². The maximum absolute atomic E-state index is 6.13. The summed E-state index contributed by atoms with van der Waals surface area (Å²) >= 11 is 0. The molecule has 0 fully saturated rings. The molecule has 0 aliphatic carbocycles. The number of ether oxygens (including phenoxy) is 1. The molecule has 0 aromatic heterocycles. The maximum atomic E-state index is 6.13. The topological polar surface area (TPSA) is 12.5 Å². The molecule has 1 heterocycles. The van der Waals surface area contributed by atoms with Gasteiger partial charge in [0.2, 0.25) is 0 Å². The number of benzene rings is 2. The predicted octanol–water partition coefficient (Wildman–Crippen LogP) is 4.78. The van der Waals surface area contributed by atoms with Gasteiger partial charge < -0.3 is 4.74 Å². The van der Waals surface area contributed by atoms with Crippen molar-refractivity contribution >= 4 is 0 Å². The molecule has 1 unspecified atom stereocenters. The standard InChI is InChI=1S/C21H27NO/c1-3-13-22(14-4-2)18-15-20-19(17-9-6-5-7-10-17)11-8-12-21(20)23-16-18/h5-12,18H,3-4,13-16H2,1-2H3. The first-order chi connectivity index (χ1) is 11.3. The third kappa shape index (κ3) is 3.59. The maximum Gasteiger partial charge on any atom is 0.123 e. The molecule has 1 atom stereocenters. The first-order valence-electron chi connectivity index (χ1n) is 8.87. The van der Waals surface area contributed by atoms with Crippen LogP contribution in [-0.4, -0.2) is 30.6 Å². The molecule has 2 heteroatoms. The molecule has 3 rings (SSSR count). The van der Waals surface area contributed by atoms with Crippen molar-refractivity contribution in [2.45, 2.75) is 39.2 Å². The van der Waals surface area contributed by atoms with E-state index < -0.39 is 0 Å². The van der Waals surface area contributed by atoms with Gasteiger partial charge in [-0.3, -0.25) is 4.90 Å². The lowest BCUT2D eigenvalue weighted by atomic mass is 9.92. The third-order valence-corrected chi connectivity index (χ3v) is 4.63. The van der Waals surface area contributed by atoms with Gasteiger partial charge in [-0.2, -0.15) is 0 Å². The molecule has 1 aliphatic rings. The van der Waals surface area contributed by atoms with Crippen LogP contribution < -0.4 is 4.74 Å². The van der Waals surface area contributed by atoms with E-state index in [0.717, 1.165) is 31.9 Å². The molecule has 0 amide bonds. The molecule has 0 saturated carbocycles. The van der Waals surface area contributed by atoms with Crippen LogP contribution in [-0.2, 0) is 6.42 Å². The zero-order chi connectivity index (χ0) is 16.1. The lowest BCUT2D eigenvalue weighted by molar-refractivity contribution is 0.119. The number of hydrogen-bond donors (Lipinski definition) is 0. The summed E-state index contributed by atoms with van der Waals surface area (Å²) in [4.78, 5) is 2.60. The van der Waals surface area contributed by atoms with Gasteiger partial charge in [0, 0.05) is 11.6 Å². The van der Waals surface area contributed by atoms with Crippen molar-refractivity contribution < 1.29 is 4.74 Å². The van der Waals surface area contributed by atoms with E-state index >= 15 is 0 Å². The van der Waals surface area contributed by atoms with Gasteiger partial charge in [-0.25, -0.2) is 0 Å². The first-order valence-corrected chi connectivity index (χ1v) is 8.87. The second-order valence-electron chi connectivity index (χ2n) is 6.35. The molecule has 0 saturated heterocycles. The highest BCUT2D eigenvalue weighted by atomic mass is 16.5. The quantitative estimate of drug-likeness (QED) is 0.761. The molecule has 0 N–H and O–H groups in total. The minimum Gasteiger partial charge on any atom is -0.492 e. The minimum atomic E-state index is 0.493. The van der Waals surface area contributed by atoms with Crippen LogP contribution in [0, 0.1) is 0 Å². The Kier molecular flexibility index (Phi) is 5.35. The number of hydrogen-bond acceptors (Lipinski definition) is 2. The fourth-order valence-corrected chi connectivity index (χ4v) is 3.57. The van der Waals surface area contributed by atoms with Crippen LogP contribution in [0.1, 0.15) is 32.3 Å². The van der Waals surface area contributed by atoms with Gasteiger partial charge in [0.05, 0.1) is 0 Å². The fourth-order valence-electron chi connectivity index (χ4n) is 3.57. The lowest BCUT2D eigenvalue weighted by Gasteiger charge is -2.35. The highest BCUT2D eigenvalue weighted by Gasteiger charge is 2.26. The summed E-state index contributed by atoms with van der Waals surface area (Å²) in [7, 11) is 0. The van der Waals surface area contributed by atoms with Crippen LogP contribution in [0.5, 0.6) is 5.75 Å². The predicted molar refractivity (Wildman–Crippen MR) is 97.0 cm³/mol. The number of rotatable bonds is 6. The first kappa shape index (κ1) is 16.1. The Morgan fingerprint density at radius 2 is 1.70 bits per heavy atom. The largest absolute Gasteiger partial charge is 0.492 e. The van der Waals surface area contributed by atoms with Gasteiger partial charge in [-0.15, -0.1) is 0 Å². The van der Waals surface area contributed by atoms with Crippen LogP contribution in [0.2, 0.25) is 0 Å². The van der Waals surface area contributed by atoms with Crippen molar-refractivity contribution in [1.82, 2.24) is 4.90 Å². The smallest absolute Gasteiger partial charge is 0.123 e. The van der Waals surface area contributed by atoms with E-state index in [4.69, 9.17) is 4.74 Å². The van der Waals surface area contributed by atoms with Crippen LogP contribution in [0.4, 0.5) is 0 Å². The molecular weight excluding hydrogens is 282 g/mol. The Morgan fingerprint density at radius 1 is 0.957 bits per heavy atom. The molecule has 23 heavy (non-hydrogen) atoms. The summed E-state index contributed by atoms with van der Waals surface area (Å²) in [6.07, 6.45) is 3.48. The molecule has 2 aromatic rings. The van der Waals surface area contributed by atoms with E-state index in [-0.39, 0.29) is 0 Å². The van der Waals surface area contributed by atoms with Crippen molar-refractivity contribution in [2.24, 2.45) is 0 Å². The molecule has 122 valence electrons. The zero-order valence-corrected chi connectivity index (χ0v) is 14.3. The average Bonchev–Trinajstić information content (AvgIpc) is 2.61. The van der Waals surface area contributed by atoms with E-state index in [1.165, 1.54) is 29.5 Å². The van der Waals surface area contributed by atoms with E-state index in [0.29, 0.717) is 6.04 Å². The SMILES string of the molecule is CCCN(CCC)C1COc2cccc(-c3ccccc3)c2C1. The summed E-state index contributed by atoms with van der Waals surface area (Å²) in [5, 5.41) is 0. The molecule has 0 spiro atoms. The Bertz CT molecular complexity index is 617. The Morgan fingerprint density at radius 3 is 2.39 bits per heavy atom. The summed E-state index contributed by atoms with van der Waals surface area (Å²) in [5.74, 6) is 1.07. The van der Waals surface area contributed by atoms with Crippen molar-refractivity contribution in [2.75, 3.05) is 19.7 Å². The van der Waals surface area contributed by atoms with Crippen LogP contribution in [0.3, 0.4) is 0 Å². The van der Waals surface area contributed by atoms with Gasteiger partial charge in [0.15, 0.2) is 0 Å². The van der Waals surface area contributed by atoms with Crippen LogP contribution in [0.25, 0.3) is 11.1 Å². The van der Waals surface area contributed by atoms with E-state index in [2.05, 4.69) is 67.3 Å². The zero-order valence-electron chi connectivity index (χ0n) is 14.3. The lowest BCUT2D eigenvalue weighted by Crippen LogP contribution is -2.44. The number of nitrogens with zero attached hydrogens (tertiary/aromatic N) is 1. The Balaban J connectivity index is 1.90. The van der Waals surface area contributed by atoms with E-state index in [1.807, 2.05) is 0 Å². The van der Waals surface area contributed by atoms with Crippen molar-refractivity contribution in [3.63, 3.8) is 0 Å². The summed E-state index contributed by atoms with van der Waals surface area (Å²) in [5.41, 5.74) is 3.97. The number of fused-ring (bicyclic) bond motifs is 1. The van der Waals surface area contributed by atoms with Gasteiger partial charge in [0.25, 0.3) is 0 Å². The highest BCUT2D eigenvalue weighted by Crippen LogP contribution is 2.35. The fraction of sp³-hybridized carbons (Fsp3) is 0.429. The minimum absolute atomic E-state index is 0.493. The molecule has 0 radical (unpaired) electrons. The average molecular weight is 309 g/mol. The van der Waals surface area contributed by atoms with Gasteiger partial charge in [-0.05, 0) is 49.5 Å². The van der Waals surface area contributed by atoms with Crippen LogP contribution in [0.15, 0.2) is 48.5 Å². The van der Waals surface area contributed by atoms with Crippen LogP contribution >= 0.6 is 0 Å². The van der Waals surface area contributed by atoms with E-state index in [1.54, 1.807) is 0 Å². The van der Waals surface area contributed by atoms with Crippen molar-refractivity contribution in [1.29, 1.82) is 0 Å². The molecule has 0 bridgehead atoms. The molecule has 2 nitrogen and oxygen atoms in total. The highest BCUT2D eigenvalue weighted by molar-refractivity contribution is 5.70. The normalized spacial score (nSPS) is 16.9.